The number of nitrogens with zero attached hydrogens (tertiary/aromatic N) is 3. The number of imide groups is 1. The number of hydrogen-bond donors (Lipinski definition) is 1. The molecule has 3 aromatic carbocycles. The summed E-state index contributed by atoms with van der Waals surface area (Å²) in [7, 11) is 0. The standard InChI is InChI=1S/C26H22ClN3O4S/c1-16-6-7-17(2)23(12-16)34-11-10-30-25(32)24(35-26(30)33)14-18-13-21(8-9-22(18)31)29-28-20-5-3-4-19(27)15-20/h3-9,12-15,31H,10-11H2,1-2H3/b24-14-,29-28?. The van der Waals surface area contributed by atoms with Crippen molar-refractivity contribution < 1.29 is 19.4 Å². The minimum atomic E-state index is -0.435. The van der Waals surface area contributed by atoms with Crippen molar-refractivity contribution in [2.45, 2.75) is 13.8 Å². The van der Waals surface area contributed by atoms with Crippen LogP contribution in [0.25, 0.3) is 6.08 Å². The van der Waals surface area contributed by atoms with E-state index in [2.05, 4.69) is 10.2 Å². The van der Waals surface area contributed by atoms with Crippen LogP contribution in [0.15, 0.2) is 75.8 Å². The Morgan fingerprint density at radius 1 is 1.03 bits per heavy atom. The van der Waals surface area contributed by atoms with Gasteiger partial charge in [-0.05, 0) is 85.3 Å². The maximum Gasteiger partial charge on any atom is 0.293 e. The lowest BCUT2D eigenvalue weighted by Gasteiger charge is -2.14. The summed E-state index contributed by atoms with van der Waals surface area (Å²) in [6.45, 7) is 4.21. The molecule has 0 aromatic heterocycles. The Morgan fingerprint density at radius 3 is 2.57 bits per heavy atom. The second-order valence-electron chi connectivity index (χ2n) is 7.87. The van der Waals surface area contributed by atoms with Crippen LogP contribution in [-0.4, -0.2) is 34.3 Å². The topological polar surface area (TPSA) is 91.6 Å². The minimum Gasteiger partial charge on any atom is -0.507 e. The summed E-state index contributed by atoms with van der Waals surface area (Å²) < 4.78 is 5.79. The van der Waals surface area contributed by atoms with Crippen molar-refractivity contribution >= 4 is 52.0 Å². The average Bonchev–Trinajstić information content (AvgIpc) is 3.09. The first-order valence-corrected chi connectivity index (χ1v) is 12.0. The van der Waals surface area contributed by atoms with E-state index in [-0.39, 0.29) is 29.0 Å². The van der Waals surface area contributed by atoms with E-state index in [4.69, 9.17) is 16.3 Å². The van der Waals surface area contributed by atoms with Gasteiger partial charge in [-0.3, -0.25) is 14.5 Å². The third kappa shape index (κ3) is 6.09. The van der Waals surface area contributed by atoms with Crippen molar-refractivity contribution in [3.63, 3.8) is 0 Å². The Hall–Kier alpha value is -3.62. The number of benzene rings is 3. The highest BCUT2D eigenvalue weighted by atomic mass is 35.5. The van der Waals surface area contributed by atoms with E-state index in [0.717, 1.165) is 33.5 Å². The molecule has 0 unspecified atom stereocenters. The number of carbonyl (C=O) groups excluding carboxylic acids is 2. The van der Waals surface area contributed by atoms with Crippen molar-refractivity contribution in [1.29, 1.82) is 0 Å². The van der Waals surface area contributed by atoms with Crippen LogP contribution < -0.4 is 4.74 Å². The van der Waals surface area contributed by atoms with E-state index in [1.807, 2.05) is 32.0 Å². The fourth-order valence-corrected chi connectivity index (χ4v) is 4.36. The molecule has 178 valence electrons. The van der Waals surface area contributed by atoms with Gasteiger partial charge in [-0.25, -0.2) is 0 Å². The molecule has 0 saturated carbocycles. The number of phenols is 1. The maximum atomic E-state index is 12.8. The number of aryl methyl sites for hydroxylation is 2. The Morgan fingerprint density at radius 2 is 1.80 bits per heavy atom. The Kier molecular flexibility index (Phi) is 7.53. The molecule has 0 aliphatic carbocycles. The van der Waals surface area contributed by atoms with Crippen molar-refractivity contribution in [1.82, 2.24) is 4.90 Å². The van der Waals surface area contributed by atoms with Gasteiger partial charge in [0.1, 0.15) is 18.1 Å². The molecule has 4 rings (SSSR count). The fourth-order valence-electron chi connectivity index (χ4n) is 3.32. The van der Waals surface area contributed by atoms with Gasteiger partial charge >= 0.3 is 0 Å². The van der Waals surface area contributed by atoms with Crippen molar-refractivity contribution in [3.05, 3.63) is 87.3 Å². The number of aromatic hydroxyl groups is 1. The number of halogens is 1. The van der Waals surface area contributed by atoms with Crippen LogP contribution in [0.2, 0.25) is 5.02 Å². The number of azo groups is 1. The summed E-state index contributed by atoms with van der Waals surface area (Å²) in [4.78, 5) is 26.6. The number of hydrogen-bond acceptors (Lipinski definition) is 7. The first-order valence-electron chi connectivity index (χ1n) is 10.8. The molecule has 1 fully saturated rings. The van der Waals surface area contributed by atoms with Gasteiger partial charge in [-0.2, -0.15) is 10.2 Å². The zero-order valence-corrected chi connectivity index (χ0v) is 20.6. The number of rotatable bonds is 7. The Labute approximate surface area is 212 Å². The predicted molar refractivity (Wildman–Crippen MR) is 138 cm³/mol. The molecule has 3 aromatic rings. The molecular weight excluding hydrogens is 486 g/mol. The van der Waals surface area contributed by atoms with Gasteiger partial charge in [0.2, 0.25) is 0 Å². The van der Waals surface area contributed by atoms with Crippen molar-refractivity contribution in [2.24, 2.45) is 10.2 Å². The summed E-state index contributed by atoms with van der Waals surface area (Å²) in [6, 6.07) is 17.4. The van der Waals surface area contributed by atoms with Crippen LogP contribution in [-0.2, 0) is 4.79 Å². The molecule has 1 N–H and O–H groups in total. The smallest absolute Gasteiger partial charge is 0.293 e. The summed E-state index contributed by atoms with van der Waals surface area (Å²) >= 11 is 6.78. The van der Waals surface area contributed by atoms with Crippen LogP contribution in [0.5, 0.6) is 11.5 Å². The third-order valence-electron chi connectivity index (χ3n) is 5.18. The number of carbonyl (C=O) groups is 2. The SMILES string of the molecule is Cc1ccc(C)c(OCCN2C(=O)S/C(=C\c3cc(N=Nc4cccc(Cl)c4)ccc3O)C2=O)c1. The second-order valence-corrected chi connectivity index (χ2v) is 9.30. The summed E-state index contributed by atoms with van der Waals surface area (Å²) in [5.41, 5.74) is 3.44. The van der Waals surface area contributed by atoms with Gasteiger partial charge < -0.3 is 9.84 Å². The highest BCUT2D eigenvalue weighted by Crippen LogP contribution is 2.35. The highest BCUT2D eigenvalue weighted by Gasteiger charge is 2.35. The fraction of sp³-hybridized carbons (Fsp3) is 0.154. The first kappa shape index (κ1) is 24.5. The summed E-state index contributed by atoms with van der Waals surface area (Å²) in [5, 5.41) is 18.7. The Bertz CT molecular complexity index is 1360. The summed E-state index contributed by atoms with van der Waals surface area (Å²) in [6.07, 6.45) is 1.48. The molecule has 2 amide bonds. The van der Waals surface area contributed by atoms with Crippen LogP contribution in [0.4, 0.5) is 16.2 Å². The minimum absolute atomic E-state index is 0.0447. The predicted octanol–water partition coefficient (Wildman–Crippen LogP) is 7.19. The summed E-state index contributed by atoms with van der Waals surface area (Å²) in [5.74, 6) is 0.243. The van der Waals surface area contributed by atoms with E-state index in [0.29, 0.717) is 22.0 Å². The number of phenolic OH excluding ortho intramolecular Hbond substituents is 1. The normalized spacial score (nSPS) is 14.9. The van der Waals surface area contributed by atoms with Crippen LogP contribution in [0, 0.1) is 13.8 Å². The van der Waals surface area contributed by atoms with Gasteiger partial charge in [0.25, 0.3) is 11.1 Å². The average molecular weight is 508 g/mol. The molecule has 0 spiro atoms. The van der Waals surface area contributed by atoms with E-state index < -0.39 is 5.91 Å². The lowest BCUT2D eigenvalue weighted by Crippen LogP contribution is -2.32. The van der Waals surface area contributed by atoms with Gasteiger partial charge in [-0.15, -0.1) is 0 Å². The monoisotopic (exact) mass is 507 g/mol. The zero-order valence-electron chi connectivity index (χ0n) is 19.1. The third-order valence-corrected chi connectivity index (χ3v) is 6.32. The Balaban J connectivity index is 1.45. The molecular formula is C26H22ClN3O4S. The first-order chi connectivity index (χ1) is 16.8. The van der Waals surface area contributed by atoms with Gasteiger partial charge in [-0.1, -0.05) is 29.8 Å². The van der Waals surface area contributed by atoms with Gasteiger partial charge in [0, 0.05) is 10.6 Å². The zero-order chi connectivity index (χ0) is 24.9. The number of amides is 2. The molecule has 1 saturated heterocycles. The molecule has 1 heterocycles. The van der Waals surface area contributed by atoms with E-state index in [9.17, 15) is 14.7 Å². The van der Waals surface area contributed by atoms with E-state index in [1.165, 1.54) is 12.1 Å². The molecule has 9 heteroatoms. The quantitative estimate of drug-likeness (QED) is 0.270. The second kappa shape index (κ2) is 10.8. The highest BCUT2D eigenvalue weighted by molar-refractivity contribution is 8.18. The molecule has 35 heavy (non-hydrogen) atoms. The maximum absolute atomic E-state index is 12.8. The van der Waals surface area contributed by atoms with Crippen LogP contribution in [0.1, 0.15) is 16.7 Å². The number of thioether (sulfide) groups is 1. The molecule has 1 aliphatic heterocycles. The van der Waals surface area contributed by atoms with E-state index in [1.54, 1.807) is 36.4 Å². The molecule has 0 atom stereocenters. The largest absolute Gasteiger partial charge is 0.507 e. The van der Waals surface area contributed by atoms with Crippen molar-refractivity contribution in [3.8, 4) is 11.5 Å². The molecule has 0 radical (unpaired) electrons. The van der Waals surface area contributed by atoms with Crippen molar-refractivity contribution in [2.75, 3.05) is 13.2 Å². The lowest BCUT2D eigenvalue weighted by molar-refractivity contribution is -0.123. The van der Waals surface area contributed by atoms with Crippen LogP contribution >= 0.6 is 23.4 Å². The molecule has 0 bridgehead atoms. The van der Waals surface area contributed by atoms with Gasteiger partial charge in [0.15, 0.2) is 0 Å². The van der Waals surface area contributed by atoms with E-state index >= 15 is 0 Å². The van der Waals surface area contributed by atoms with Gasteiger partial charge in [0.05, 0.1) is 22.8 Å². The van der Waals surface area contributed by atoms with Crippen LogP contribution in [0.3, 0.4) is 0 Å². The number of ether oxygens (including phenoxy) is 1. The molecule has 7 nitrogen and oxygen atoms in total. The lowest BCUT2D eigenvalue weighted by atomic mass is 10.1. The molecule has 1 aliphatic rings.